The first-order valence-electron chi connectivity index (χ1n) is 13.2. The molecule has 10 nitrogen and oxygen atoms in total. The lowest BCUT2D eigenvalue weighted by atomic mass is 10.1. The average Bonchev–Trinajstić information content (AvgIpc) is 2.89. The van der Waals surface area contributed by atoms with E-state index >= 15 is 0 Å². The third kappa shape index (κ3) is 9.27. The minimum atomic E-state index is -5.17. The lowest BCUT2D eigenvalue weighted by Gasteiger charge is -2.36. The van der Waals surface area contributed by atoms with Crippen molar-refractivity contribution < 1.29 is 40.7 Å². The van der Waals surface area contributed by atoms with E-state index in [0.29, 0.717) is 14.9 Å². The number of rotatable bonds is 8. The third-order valence-electron chi connectivity index (χ3n) is 6.37. The van der Waals surface area contributed by atoms with Gasteiger partial charge in [-0.25, -0.2) is 17.5 Å². The number of carbonyl (C=O) groups excluding carboxylic acids is 2. The number of ether oxygens (including phenoxy) is 2. The van der Waals surface area contributed by atoms with E-state index in [1.807, 2.05) is 0 Å². The highest BCUT2D eigenvalue weighted by Crippen LogP contribution is 2.39. The summed E-state index contributed by atoms with van der Waals surface area (Å²) in [6, 6.07) is 6.85. The zero-order valence-corrected chi connectivity index (χ0v) is 26.3. The maximum Gasteiger partial charge on any atom is 0.573 e. The molecule has 43 heavy (non-hydrogen) atoms. The lowest BCUT2D eigenvalue weighted by Crippen LogP contribution is -2.49. The van der Waals surface area contributed by atoms with Crippen LogP contribution in [0.3, 0.4) is 0 Å². The van der Waals surface area contributed by atoms with Crippen LogP contribution in [-0.2, 0) is 27.8 Å². The third-order valence-corrected chi connectivity index (χ3v) is 8.73. The number of nitrogens with zero attached hydrogens (tertiary/aromatic N) is 3. The number of benzene rings is 2. The van der Waals surface area contributed by atoms with Gasteiger partial charge in [-0.3, -0.25) is 9.69 Å². The van der Waals surface area contributed by atoms with Crippen molar-refractivity contribution in [1.29, 1.82) is 0 Å². The first-order chi connectivity index (χ1) is 19.8. The van der Waals surface area contributed by atoms with Crippen molar-refractivity contribution in [2.24, 2.45) is 0 Å². The summed E-state index contributed by atoms with van der Waals surface area (Å²) in [5, 5.41) is -0.102. The van der Waals surface area contributed by atoms with Crippen LogP contribution in [0.1, 0.15) is 49.2 Å². The fourth-order valence-corrected chi connectivity index (χ4v) is 5.73. The molecule has 2 aromatic carbocycles. The van der Waals surface area contributed by atoms with Crippen LogP contribution in [-0.4, -0.2) is 78.4 Å². The van der Waals surface area contributed by atoms with Crippen LogP contribution in [0.5, 0.6) is 5.75 Å². The summed E-state index contributed by atoms with van der Waals surface area (Å²) >= 11 is 12.5. The molecule has 3 rings (SSSR count). The topological polar surface area (TPSA) is 122 Å². The van der Waals surface area contributed by atoms with E-state index in [9.17, 15) is 31.2 Å². The second-order valence-corrected chi connectivity index (χ2v) is 13.8. The summed E-state index contributed by atoms with van der Waals surface area (Å²) in [5.41, 5.74) is 4.68. The Labute approximate surface area is 258 Å². The van der Waals surface area contributed by atoms with Gasteiger partial charge in [0.1, 0.15) is 11.4 Å². The summed E-state index contributed by atoms with van der Waals surface area (Å²) in [4.78, 5) is 29.2. The summed E-state index contributed by atoms with van der Waals surface area (Å²) in [5.74, 6) is -2.47. The maximum absolute atomic E-state index is 13.6. The summed E-state index contributed by atoms with van der Waals surface area (Å²) in [7, 11) is -4.22. The molecule has 0 unspecified atom stereocenters. The Kier molecular flexibility index (Phi) is 10.7. The number of nitrogen functional groups attached to an aromatic ring is 1. The van der Waals surface area contributed by atoms with Gasteiger partial charge in [-0.15, -0.1) is 13.2 Å². The Morgan fingerprint density at radius 3 is 2.23 bits per heavy atom. The van der Waals surface area contributed by atoms with Crippen molar-refractivity contribution in [2.45, 2.75) is 52.7 Å². The molecule has 1 heterocycles. The van der Waals surface area contributed by atoms with Crippen molar-refractivity contribution in [1.82, 2.24) is 14.1 Å². The Hall–Kier alpha value is -2.94. The standard InChI is InChI=1S/C27H33Cl2F3N4O6S/c1-5-43(39,40)36(15-17-7-6-8-18(28)13-17)24(37)19-14-21(41-27(30,31)32)20(22(29)23(19)33)16-34-9-11-35(12-10-34)25(38)42-26(2,3)4/h6-8,13-14H,5,9-12,15-16,33H2,1-4H3. The number of halogens is 5. The molecule has 2 amide bonds. The Balaban J connectivity index is 1.95. The highest BCUT2D eigenvalue weighted by Gasteiger charge is 2.36. The van der Waals surface area contributed by atoms with Gasteiger partial charge in [0.15, 0.2) is 0 Å². The second-order valence-electron chi connectivity index (χ2n) is 10.8. The van der Waals surface area contributed by atoms with Gasteiger partial charge in [0.25, 0.3) is 5.91 Å². The fourth-order valence-electron chi connectivity index (χ4n) is 4.25. The summed E-state index contributed by atoms with van der Waals surface area (Å²) in [6.45, 7) is 6.91. The number of carbonyl (C=O) groups is 2. The lowest BCUT2D eigenvalue weighted by molar-refractivity contribution is -0.275. The SMILES string of the molecule is CCS(=O)(=O)N(Cc1cccc(Cl)c1)C(=O)c1cc(OC(F)(F)F)c(CN2CCN(C(=O)OC(C)(C)C)CC2)c(Cl)c1N. The normalized spacial score (nSPS) is 14.9. The molecule has 0 atom stereocenters. The Morgan fingerprint density at radius 1 is 1.07 bits per heavy atom. The van der Waals surface area contributed by atoms with Gasteiger partial charge in [0.2, 0.25) is 10.0 Å². The first kappa shape index (κ1) is 34.5. The van der Waals surface area contributed by atoms with Gasteiger partial charge < -0.3 is 20.1 Å². The molecule has 0 radical (unpaired) electrons. The quantitative estimate of drug-likeness (QED) is 0.365. The molecule has 1 aliphatic heterocycles. The largest absolute Gasteiger partial charge is 0.573 e. The van der Waals surface area contributed by atoms with Crippen LogP contribution in [0.4, 0.5) is 23.7 Å². The summed E-state index contributed by atoms with van der Waals surface area (Å²) < 4.78 is 76.5. The molecular formula is C27H33Cl2F3N4O6S. The number of hydrogen-bond acceptors (Lipinski definition) is 8. The van der Waals surface area contributed by atoms with Gasteiger partial charge in [-0.05, 0) is 51.5 Å². The second kappa shape index (κ2) is 13.4. The van der Waals surface area contributed by atoms with Gasteiger partial charge in [-0.2, -0.15) is 0 Å². The number of sulfonamides is 1. The highest BCUT2D eigenvalue weighted by atomic mass is 35.5. The predicted molar refractivity (Wildman–Crippen MR) is 156 cm³/mol. The van der Waals surface area contributed by atoms with Crippen molar-refractivity contribution in [3.8, 4) is 5.75 Å². The monoisotopic (exact) mass is 668 g/mol. The van der Waals surface area contributed by atoms with Crippen molar-refractivity contribution in [3.05, 3.63) is 57.1 Å². The molecule has 0 aromatic heterocycles. The van der Waals surface area contributed by atoms with E-state index < -0.39 is 68.3 Å². The molecular weight excluding hydrogens is 636 g/mol. The Bertz CT molecular complexity index is 1460. The molecule has 2 aromatic rings. The molecule has 0 aliphatic carbocycles. The minimum absolute atomic E-state index is 0.154. The first-order valence-corrected chi connectivity index (χ1v) is 15.5. The van der Waals surface area contributed by atoms with E-state index in [0.717, 1.165) is 6.07 Å². The summed E-state index contributed by atoms with van der Waals surface area (Å²) in [6.07, 6.45) is -5.68. The van der Waals surface area contributed by atoms with Crippen molar-refractivity contribution in [2.75, 3.05) is 37.7 Å². The van der Waals surface area contributed by atoms with Crippen LogP contribution in [0.25, 0.3) is 0 Å². The smallest absolute Gasteiger partial charge is 0.444 e. The molecule has 238 valence electrons. The number of hydrogen-bond donors (Lipinski definition) is 1. The molecule has 0 spiro atoms. The van der Waals surface area contributed by atoms with Crippen molar-refractivity contribution in [3.63, 3.8) is 0 Å². The Morgan fingerprint density at radius 2 is 1.70 bits per heavy atom. The van der Waals surface area contributed by atoms with E-state index in [1.165, 1.54) is 24.0 Å². The van der Waals surface area contributed by atoms with Gasteiger partial charge in [0, 0.05) is 43.3 Å². The van der Waals surface area contributed by atoms with Crippen LogP contribution >= 0.6 is 23.2 Å². The number of amides is 2. The van der Waals surface area contributed by atoms with E-state index in [1.54, 1.807) is 37.8 Å². The number of nitrogens with two attached hydrogens (primary N) is 1. The zero-order valence-electron chi connectivity index (χ0n) is 24.0. The zero-order chi connectivity index (χ0) is 32.3. The van der Waals surface area contributed by atoms with Crippen molar-refractivity contribution >= 4 is 50.9 Å². The van der Waals surface area contributed by atoms with Gasteiger partial charge in [0.05, 0.1) is 28.6 Å². The molecule has 0 saturated carbocycles. The fraction of sp³-hybridized carbons (Fsp3) is 0.481. The van der Waals surface area contributed by atoms with Crippen LogP contribution in [0.2, 0.25) is 10.0 Å². The molecule has 1 aliphatic rings. The highest BCUT2D eigenvalue weighted by molar-refractivity contribution is 7.89. The van der Waals surface area contributed by atoms with Crippen LogP contribution in [0.15, 0.2) is 30.3 Å². The molecule has 2 N–H and O–H groups in total. The van der Waals surface area contributed by atoms with E-state index in [2.05, 4.69) is 4.74 Å². The van der Waals surface area contributed by atoms with Gasteiger partial charge >= 0.3 is 12.5 Å². The van der Waals surface area contributed by atoms with Crippen LogP contribution < -0.4 is 10.5 Å². The maximum atomic E-state index is 13.6. The van der Waals surface area contributed by atoms with E-state index in [4.69, 9.17) is 33.7 Å². The van der Waals surface area contributed by atoms with E-state index in [-0.39, 0.29) is 38.3 Å². The van der Waals surface area contributed by atoms with Gasteiger partial charge in [-0.1, -0.05) is 35.3 Å². The van der Waals surface area contributed by atoms with Crippen LogP contribution in [0, 0.1) is 0 Å². The molecule has 16 heteroatoms. The molecule has 1 saturated heterocycles. The molecule has 1 fully saturated rings. The molecule has 0 bridgehead atoms. The number of alkyl halides is 3. The number of piperazine rings is 1. The minimum Gasteiger partial charge on any atom is -0.444 e. The predicted octanol–water partition coefficient (Wildman–Crippen LogP) is 5.52. The average molecular weight is 670 g/mol. The number of anilines is 1.